The number of nitrogens with zero attached hydrogens (tertiary/aromatic N) is 2. The van der Waals surface area contributed by atoms with E-state index in [0.717, 1.165) is 22.6 Å². The number of amides is 2. The number of benzene rings is 1. The highest BCUT2D eigenvalue weighted by Crippen LogP contribution is 2.16. The maximum atomic E-state index is 11.9. The molecule has 1 heterocycles. The Morgan fingerprint density at radius 3 is 2.70 bits per heavy atom. The molecule has 0 bridgehead atoms. The quantitative estimate of drug-likeness (QED) is 0.763. The number of carbonyl (C=O) groups excluding carboxylic acids is 1. The third-order valence-electron chi connectivity index (χ3n) is 3.72. The number of aliphatic hydroxyl groups excluding tert-OH is 1. The molecular weight excluding hydrogens is 292 g/mol. The maximum Gasteiger partial charge on any atom is 0.315 e. The van der Waals surface area contributed by atoms with Gasteiger partial charge in [-0.1, -0.05) is 25.1 Å². The highest BCUT2D eigenvalue weighted by Gasteiger charge is 2.11. The second kappa shape index (κ2) is 7.78. The van der Waals surface area contributed by atoms with Gasteiger partial charge in [0.25, 0.3) is 0 Å². The van der Waals surface area contributed by atoms with E-state index in [9.17, 15) is 4.79 Å². The van der Waals surface area contributed by atoms with Crippen LogP contribution in [0.4, 0.5) is 4.79 Å². The molecule has 0 saturated carbocycles. The standard InChI is InChI=1S/C17H24N4O2/c1-4-15(11-22)19-17(23)18-10-14-7-5-6-8-16(14)21-13(3)9-12(2)20-21/h5-9,15,22H,4,10-11H2,1-3H3,(H2,18,19,23). The van der Waals surface area contributed by atoms with Gasteiger partial charge < -0.3 is 15.7 Å². The van der Waals surface area contributed by atoms with Crippen LogP contribution in [0.2, 0.25) is 0 Å². The van der Waals surface area contributed by atoms with Crippen molar-refractivity contribution < 1.29 is 9.90 Å². The molecule has 1 unspecified atom stereocenters. The van der Waals surface area contributed by atoms with Gasteiger partial charge in [0.15, 0.2) is 0 Å². The smallest absolute Gasteiger partial charge is 0.315 e. The van der Waals surface area contributed by atoms with Gasteiger partial charge >= 0.3 is 6.03 Å². The summed E-state index contributed by atoms with van der Waals surface area (Å²) in [5.41, 5.74) is 3.93. The Hall–Kier alpha value is -2.34. The Morgan fingerprint density at radius 2 is 2.09 bits per heavy atom. The number of aromatic nitrogens is 2. The molecule has 0 radical (unpaired) electrons. The molecule has 0 saturated heterocycles. The minimum absolute atomic E-state index is 0.0632. The first-order valence-electron chi connectivity index (χ1n) is 7.82. The van der Waals surface area contributed by atoms with Crippen LogP contribution >= 0.6 is 0 Å². The molecule has 0 aliphatic rings. The number of hydrogen-bond donors (Lipinski definition) is 3. The summed E-state index contributed by atoms with van der Waals surface area (Å²) in [4.78, 5) is 11.9. The largest absolute Gasteiger partial charge is 0.394 e. The zero-order valence-electron chi connectivity index (χ0n) is 13.8. The summed E-state index contributed by atoms with van der Waals surface area (Å²) in [5.74, 6) is 0. The van der Waals surface area contributed by atoms with Gasteiger partial charge in [-0.05, 0) is 38.0 Å². The highest BCUT2D eigenvalue weighted by atomic mass is 16.3. The monoisotopic (exact) mass is 316 g/mol. The second-order valence-corrected chi connectivity index (χ2v) is 5.58. The molecule has 0 spiro atoms. The van der Waals surface area contributed by atoms with E-state index in [1.54, 1.807) is 0 Å². The van der Waals surface area contributed by atoms with Gasteiger partial charge in [-0.2, -0.15) is 5.10 Å². The van der Waals surface area contributed by atoms with Crippen LogP contribution in [-0.4, -0.2) is 33.6 Å². The lowest BCUT2D eigenvalue weighted by Crippen LogP contribution is -2.43. The van der Waals surface area contributed by atoms with Crippen molar-refractivity contribution in [2.24, 2.45) is 0 Å². The SMILES string of the molecule is CCC(CO)NC(=O)NCc1ccccc1-n1nc(C)cc1C. The van der Waals surface area contributed by atoms with E-state index in [1.165, 1.54) is 0 Å². The van der Waals surface area contributed by atoms with Crippen LogP contribution in [0, 0.1) is 13.8 Å². The van der Waals surface area contributed by atoms with Crippen molar-refractivity contribution in [1.29, 1.82) is 0 Å². The molecule has 3 N–H and O–H groups in total. The van der Waals surface area contributed by atoms with E-state index < -0.39 is 0 Å². The van der Waals surface area contributed by atoms with Crippen LogP contribution in [0.3, 0.4) is 0 Å². The molecule has 23 heavy (non-hydrogen) atoms. The molecule has 2 amide bonds. The zero-order chi connectivity index (χ0) is 16.8. The maximum absolute atomic E-state index is 11.9. The van der Waals surface area contributed by atoms with E-state index in [0.29, 0.717) is 13.0 Å². The zero-order valence-corrected chi connectivity index (χ0v) is 13.8. The molecule has 0 aliphatic heterocycles. The fraction of sp³-hybridized carbons (Fsp3) is 0.412. The van der Waals surface area contributed by atoms with Crippen LogP contribution in [0.15, 0.2) is 30.3 Å². The Bertz CT molecular complexity index is 662. The van der Waals surface area contributed by atoms with Gasteiger partial charge in [-0.25, -0.2) is 9.48 Å². The third-order valence-corrected chi connectivity index (χ3v) is 3.72. The van der Waals surface area contributed by atoms with Gasteiger partial charge in [-0.3, -0.25) is 0 Å². The molecule has 1 aromatic heterocycles. The van der Waals surface area contributed by atoms with Crippen LogP contribution < -0.4 is 10.6 Å². The first kappa shape index (κ1) is 17.0. The lowest BCUT2D eigenvalue weighted by Gasteiger charge is -2.16. The number of aliphatic hydroxyl groups is 1. The highest BCUT2D eigenvalue weighted by molar-refractivity contribution is 5.74. The Labute approximate surface area is 136 Å². The normalized spacial score (nSPS) is 12.0. The van der Waals surface area contributed by atoms with Gasteiger partial charge in [0.2, 0.25) is 0 Å². The van der Waals surface area contributed by atoms with Gasteiger partial charge in [0, 0.05) is 12.2 Å². The summed E-state index contributed by atoms with van der Waals surface area (Å²) in [6, 6.07) is 9.35. The number of hydrogen-bond acceptors (Lipinski definition) is 3. The minimum atomic E-state index is -0.283. The molecule has 0 aliphatic carbocycles. The summed E-state index contributed by atoms with van der Waals surface area (Å²) in [6.45, 7) is 6.20. The molecular formula is C17H24N4O2. The van der Waals surface area contributed by atoms with Crippen LogP contribution in [0.1, 0.15) is 30.3 Å². The molecule has 2 rings (SSSR count). The van der Waals surface area contributed by atoms with Crippen molar-refractivity contribution in [3.63, 3.8) is 0 Å². The van der Waals surface area contributed by atoms with E-state index in [4.69, 9.17) is 5.11 Å². The average molecular weight is 316 g/mol. The fourth-order valence-electron chi connectivity index (χ4n) is 2.43. The number of aryl methyl sites for hydroxylation is 2. The van der Waals surface area contributed by atoms with Crippen molar-refractivity contribution in [2.75, 3.05) is 6.61 Å². The second-order valence-electron chi connectivity index (χ2n) is 5.58. The summed E-state index contributed by atoms with van der Waals surface area (Å²) in [5, 5.41) is 19.2. The third kappa shape index (κ3) is 4.32. The van der Waals surface area contributed by atoms with Crippen LogP contribution in [-0.2, 0) is 6.54 Å². The van der Waals surface area contributed by atoms with Crippen molar-refractivity contribution in [1.82, 2.24) is 20.4 Å². The van der Waals surface area contributed by atoms with Crippen LogP contribution in [0.25, 0.3) is 5.69 Å². The van der Waals surface area contributed by atoms with Crippen molar-refractivity contribution in [3.05, 3.63) is 47.3 Å². The molecule has 124 valence electrons. The van der Waals surface area contributed by atoms with Crippen molar-refractivity contribution in [3.8, 4) is 5.69 Å². The summed E-state index contributed by atoms with van der Waals surface area (Å²) in [7, 11) is 0. The predicted molar refractivity (Wildman–Crippen MR) is 89.6 cm³/mol. The number of para-hydroxylation sites is 1. The lowest BCUT2D eigenvalue weighted by atomic mass is 10.1. The first-order valence-corrected chi connectivity index (χ1v) is 7.82. The fourth-order valence-corrected chi connectivity index (χ4v) is 2.43. The molecule has 1 atom stereocenters. The molecule has 6 nitrogen and oxygen atoms in total. The Kier molecular flexibility index (Phi) is 5.76. The van der Waals surface area contributed by atoms with E-state index >= 15 is 0 Å². The summed E-state index contributed by atoms with van der Waals surface area (Å²) >= 11 is 0. The molecule has 1 aromatic carbocycles. The number of urea groups is 1. The molecule has 2 aromatic rings. The minimum Gasteiger partial charge on any atom is -0.394 e. The van der Waals surface area contributed by atoms with Gasteiger partial charge in [0.1, 0.15) is 0 Å². The number of nitrogens with one attached hydrogen (secondary N) is 2. The Morgan fingerprint density at radius 1 is 1.35 bits per heavy atom. The number of rotatable bonds is 6. The lowest BCUT2D eigenvalue weighted by molar-refractivity contribution is 0.214. The average Bonchev–Trinajstić information content (AvgIpc) is 2.89. The van der Waals surface area contributed by atoms with E-state index in [2.05, 4.69) is 15.7 Å². The van der Waals surface area contributed by atoms with Gasteiger partial charge in [-0.15, -0.1) is 0 Å². The Balaban J connectivity index is 2.10. The number of carbonyl (C=O) groups is 1. The first-order chi connectivity index (χ1) is 11.0. The molecule has 0 fully saturated rings. The summed E-state index contributed by atoms with van der Waals surface area (Å²) < 4.78 is 1.88. The van der Waals surface area contributed by atoms with E-state index in [1.807, 2.05) is 55.8 Å². The van der Waals surface area contributed by atoms with Crippen LogP contribution in [0.5, 0.6) is 0 Å². The van der Waals surface area contributed by atoms with Crippen molar-refractivity contribution in [2.45, 2.75) is 39.8 Å². The predicted octanol–water partition coefficient (Wildman–Crippen LogP) is 2.06. The summed E-state index contributed by atoms with van der Waals surface area (Å²) in [6.07, 6.45) is 0.687. The van der Waals surface area contributed by atoms with Gasteiger partial charge in [0.05, 0.1) is 24.0 Å². The topological polar surface area (TPSA) is 79.2 Å². The molecule has 6 heteroatoms. The van der Waals surface area contributed by atoms with E-state index in [-0.39, 0.29) is 18.7 Å². The van der Waals surface area contributed by atoms with Crippen molar-refractivity contribution >= 4 is 6.03 Å².